The second-order valence-electron chi connectivity index (χ2n) is 3.74. The number of benzene rings is 1. The van der Waals surface area contributed by atoms with E-state index in [1.165, 1.54) is 12.8 Å². The van der Waals surface area contributed by atoms with Crippen molar-refractivity contribution in [2.24, 2.45) is 5.92 Å². The average molecular weight is 164 g/mol. The second kappa shape index (κ2) is 2.89. The lowest BCUT2D eigenvalue weighted by Crippen LogP contribution is -1.92. The van der Waals surface area contributed by atoms with Crippen molar-refractivity contribution in [2.45, 2.75) is 26.2 Å². The molecular formula is C11H13F. The van der Waals surface area contributed by atoms with Gasteiger partial charge in [-0.3, -0.25) is 0 Å². The van der Waals surface area contributed by atoms with Crippen molar-refractivity contribution in [3.05, 3.63) is 35.1 Å². The monoisotopic (exact) mass is 164 g/mol. The van der Waals surface area contributed by atoms with E-state index in [2.05, 4.69) is 0 Å². The van der Waals surface area contributed by atoms with Crippen LogP contribution in [0.5, 0.6) is 0 Å². The van der Waals surface area contributed by atoms with Crippen LogP contribution in [0.4, 0.5) is 4.39 Å². The van der Waals surface area contributed by atoms with Crippen molar-refractivity contribution in [3.63, 3.8) is 0 Å². The number of halogens is 1. The van der Waals surface area contributed by atoms with Gasteiger partial charge >= 0.3 is 0 Å². The molecule has 0 saturated heterocycles. The zero-order chi connectivity index (χ0) is 8.55. The molecule has 1 aromatic rings. The fourth-order valence-corrected chi connectivity index (χ4v) is 1.45. The summed E-state index contributed by atoms with van der Waals surface area (Å²) in [5.41, 5.74) is 1.90. The van der Waals surface area contributed by atoms with Crippen LogP contribution < -0.4 is 0 Å². The summed E-state index contributed by atoms with van der Waals surface area (Å²) < 4.78 is 13.2. The van der Waals surface area contributed by atoms with Gasteiger partial charge in [0.1, 0.15) is 5.82 Å². The molecule has 1 aliphatic rings. The first-order valence-electron chi connectivity index (χ1n) is 4.51. The predicted molar refractivity (Wildman–Crippen MR) is 47.6 cm³/mol. The van der Waals surface area contributed by atoms with Crippen LogP contribution in [-0.4, -0.2) is 0 Å². The molecule has 1 aliphatic carbocycles. The number of rotatable bonds is 2. The number of hydrogen-bond donors (Lipinski definition) is 0. The van der Waals surface area contributed by atoms with E-state index >= 15 is 0 Å². The molecule has 1 saturated carbocycles. The van der Waals surface area contributed by atoms with Gasteiger partial charge in [0.05, 0.1) is 0 Å². The Morgan fingerprint density at radius 2 is 2.17 bits per heavy atom. The summed E-state index contributed by atoms with van der Waals surface area (Å²) in [7, 11) is 0. The molecule has 0 spiro atoms. The molecule has 1 aromatic carbocycles. The lowest BCUT2D eigenvalue weighted by Gasteiger charge is -2.01. The summed E-state index contributed by atoms with van der Waals surface area (Å²) in [4.78, 5) is 0. The molecule has 0 aromatic heterocycles. The fraction of sp³-hybridized carbons (Fsp3) is 0.455. The van der Waals surface area contributed by atoms with Crippen LogP contribution in [0.25, 0.3) is 0 Å². The minimum Gasteiger partial charge on any atom is -0.207 e. The SMILES string of the molecule is Cc1ccc(CC2CC2)c(F)c1. The largest absolute Gasteiger partial charge is 0.207 e. The van der Waals surface area contributed by atoms with Gasteiger partial charge in [0.25, 0.3) is 0 Å². The molecule has 12 heavy (non-hydrogen) atoms. The molecule has 1 heteroatoms. The molecule has 0 atom stereocenters. The van der Waals surface area contributed by atoms with Crippen LogP contribution in [-0.2, 0) is 6.42 Å². The smallest absolute Gasteiger partial charge is 0.126 e. The Bertz CT molecular complexity index is 287. The van der Waals surface area contributed by atoms with E-state index in [0.717, 1.165) is 23.5 Å². The van der Waals surface area contributed by atoms with Crippen molar-refractivity contribution in [1.29, 1.82) is 0 Å². The minimum absolute atomic E-state index is 0.0260. The van der Waals surface area contributed by atoms with Crippen molar-refractivity contribution in [1.82, 2.24) is 0 Å². The maximum atomic E-state index is 13.2. The summed E-state index contributed by atoms with van der Waals surface area (Å²) in [5, 5.41) is 0. The quantitative estimate of drug-likeness (QED) is 0.630. The van der Waals surface area contributed by atoms with Crippen LogP contribution in [0, 0.1) is 18.7 Å². The molecule has 0 amide bonds. The van der Waals surface area contributed by atoms with Crippen molar-refractivity contribution >= 4 is 0 Å². The van der Waals surface area contributed by atoms with Gasteiger partial charge in [0, 0.05) is 0 Å². The Morgan fingerprint density at radius 3 is 2.75 bits per heavy atom. The highest BCUT2D eigenvalue weighted by atomic mass is 19.1. The standard InChI is InChI=1S/C11H13F/c1-8-2-5-10(11(12)6-8)7-9-3-4-9/h2,5-6,9H,3-4,7H2,1H3. The third kappa shape index (κ3) is 1.66. The lowest BCUT2D eigenvalue weighted by molar-refractivity contribution is 0.601. The molecule has 0 bridgehead atoms. The molecule has 1 fully saturated rings. The van der Waals surface area contributed by atoms with E-state index in [-0.39, 0.29) is 5.82 Å². The van der Waals surface area contributed by atoms with Crippen molar-refractivity contribution in [3.8, 4) is 0 Å². The van der Waals surface area contributed by atoms with Crippen LogP contribution in [0.2, 0.25) is 0 Å². The topological polar surface area (TPSA) is 0 Å². The van der Waals surface area contributed by atoms with E-state index in [1.54, 1.807) is 6.07 Å². The molecule has 0 unspecified atom stereocenters. The molecule has 2 rings (SSSR count). The van der Waals surface area contributed by atoms with E-state index in [4.69, 9.17) is 0 Å². The van der Waals surface area contributed by atoms with E-state index in [1.807, 2.05) is 19.1 Å². The summed E-state index contributed by atoms with van der Waals surface area (Å²) in [6, 6.07) is 5.53. The molecule has 64 valence electrons. The highest BCUT2D eigenvalue weighted by Gasteiger charge is 2.22. The van der Waals surface area contributed by atoms with Gasteiger partial charge in [0.15, 0.2) is 0 Å². The summed E-state index contributed by atoms with van der Waals surface area (Å²) in [5.74, 6) is 0.740. The summed E-state index contributed by atoms with van der Waals surface area (Å²) in [6.07, 6.45) is 3.51. The maximum absolute atomic E-state index is 13.2. The molecular weight excluding hydrogens is 151 g/mol. The first kappa shape index (κ1) is 7.78. The summed E-state index contributed by atoms with van der Waals surface area (Å²) in [6.45, 7) is 1.92. The highest BCUT2D eigenvalue weighted by Crippen LogP contribution is 2.33. The van der Waals surface area contributed by atoms with Gasteiger partial charge in [-0.15, -0.1) is 0 Å². The van der Waals surface area contributed by atoms with E-state index in [0.29, 0.717) is 0 Å². The van der Waals surface area contributed by atoms with Gasteiger partial charge in [-0.2, -0.15) is 0 Å². The van der Waals surface area contributed by atoms with E-state index in [9.17, 15) is 4.39 Å². The lowest BCUT2D eigenvalue weighted by atomic mass is 10.1. The predicted octanol–water partition coefficient (Wildman–Crippen LogP) is 3.09. The number of aryl methyl sites for hydroxylation is 1. The zero-order valence-electron chi connectivity index (χ0n) is 7.31. The maximum Gasteiger partial charge on any atom is 0.126 e. The fourth-order valence-electron chi connectivity index (χ4n) is 1.45. The Balaban J connectivity index is 2.18. The Labute approximate surface area is 72.4 Å². The molecule has 0 heterocycles. The molecule has 0 aliphatic heterocycles. The Hall–Kier alpha value is -0.850. The molecule has 0 radical (unpaired) electrons. The van der Waals surface area contributed by atoms with Gasteiger partial charge in [-0.1, -0.05) is 12.1 Å². The summed E-state index contributed by atoms with van der Waals surface area (Å²) >= 11 is 0. The van der Waals surface area contributed by atoms with Gasteiger partial charge in [-0.05, 0) is 49.3 Å². The normalized spacial score (nSPS) is 16.5. The zero-order valence-corrected chi connectivity index (χ0v) is 7.31. The van der Waals surface area contributed by atoms with Gasteiger partial charge in [0.2, 0.25) is 0 Å². The van der Waals surface area contributed by atoms with Crippen LogP contribution in [0.1, 0.15) is 24.0 Å². The first-order valence-corrected chi connectivity index (χ1v) is 4.51. The molecule has 0 N–H and O–H groups in total. The minimum atomic E-state index is -0.0260. The molecule has 0 nitrogen and oxygen atoms in total. The van der Waals surface area contributed by atoms with Crippen LogP contribution in [0.15, 0.2) is 18.2 Å². The first-order chi connectivity index (χ1) is 5.75. The van der Waals surface area contributed by atoms with Gasteiger partial charge in [-0.25, -0.2) is 4.39 Å². The Morgan fingerprint density at radius 1 is 1.42 bits per heavy atom. The van der Waals surface area contributed by atoms with Crippen molar-refractivity contribution in [2.75, 3.05) is 0 Å². The number of hydrogen-bond acceptors (Lipinski definition) is 0. The average Bonchev–Trinajstić information content (AvgIpc) is 2.79. The third-order valence-corrected chi connectivity index (χ3v) is 2.41. The van der Waals surface area contributed by atoms with Crippen LogP contribution in [0.3, 0.4) is 0 Å². The second-order valence-corrected chi connectivity index (χ2v) is 3.74. The van der Waals surface area contributed by atoms with Crippen molar-refractivity contribution < 1.29 is 4.39 Å². The van der Waals surface area contributed by atoms with Crippen LogP contribution >= 0.6 is 0 Å². The van der Waals surface area contributed by atoms with E-state index < -0.39 is 0 Å². The van der Waals surface area contributed by atoms with Gasteiger partial charge < -0.3 is 0 Å². The highest BCUT2D eigenvalue weighted by molar-refractivity contribution is 5.24. The third-order valence-electron chi connectivity index (χ3n) is 2.41. The Kier molecular flexibility index (Phi) is 1.87.